The van der Waals surface area contributed by atoms with Crippen LogP contribution in [0.25, 0.3) is 10.2 Å². The van der Waals surface area contributed by atoms with Crippen LogP contribution in [0.5, 0.6) is 0 Å². The van der Waals surface area contributed by atoms with Crippen LogP contribution in [-0.4, -0.2) is 36.9 Å². The van der Waals surface area contributed by atoms with Crippen LogP contribution < -0.4 is 5.01 Å². The van der Waals surface area contributed by atoms with Crippen molar-refractivity contribution in [2.45, 2.75) is 18.4 Å². The highest BCUT2D eigenvalue weighted by molar-refractivity contribution is 7.89. The van der Waals surface area contributed by atoms with Gasteiger partial charge in [0.05, 0.1) is 21.3 Å². The van der Waals surface area contributed by atoms with Gasteiger partial charge in [0, 0.05) is 19.2 Å². The summed E-state index contributed by atoms with van der Waals surface area (Å²) in [6, 6.07) is 26.6. The number of nitrogens with zero attached hydrogens (tertiary/aromatic N) is 4. The third-order valence-electron chi connectivity index (χ3n) is 6.16. The standard InChI is InChI=1S/C30H25FN4O3S2/c1-21-8-17-27-28(18-21)39-30(33-27)35(32-19-22-9-13-25(31)14-10-22)29(36)24-11-15-26(16-12-24)40(37,38)34(2)20-23-6-4-3-5-7-23/h3-19H,20H2,1-2H3/b32-19+. The smallest absolute Gasteiger partial charge is 0.267 e. The number of amides is 1. The first-order valence-corrected chi connectivity index (χ1v) is 14.6. The van der Waals surface area contributed by atoms with Crippen LogP contribution in [0.15, 0.2) is 107 Å². The second-order valence-corrected chi connectivity index (χ2v) is 12.2. The third-order valence-corrected chi connectivity index (χ3v) is 8.97. The minimum absolute atomic E-state index is 0.0688. The van der Waals surface area contributed by atoms with Gasteiger partial charge in [-0.15, -0.1) is 0 Å². The number of thiazole rings is 1. The molecule has 1 aromatic heterocycles. The lowest BCUT2D eigenvalue weighted by Crippen LogP contribution is -2.27. The Morgan fingerprint density at radius 2 is 1.68 bits per heavy atom. The molecule has 5 aromatic rings. The zero-order valence-corrected chi connectivity index (χ0v) is 23.4. The maximum Gasteiger partial charge on any atom is 0.280 e. The number of fused-ring (bicyclic) bond motifs is 1. The minimum atomic E-state index is -3.79. The second-order valence-electron chi connectivity index (χ2n) is 9.15. The molecule has 7 nitrogen and oxygen atoms in total. The summed E-state index contributed by atoms with van der Waals surface area (Å²) in [5.74, 6) is -0.869. The normalized spacial score (nSPS) is 11.9. The number of benzene rings is 4. The van der Waals surface area contributed by atoms with Crippen molar-refractivity contribution in [2.24, 2.45) is 5.10 Å². The fourth-order valence-electron chi connectivity index (χ4n) is 3.97. The van der Waals surface area contributed by atoms with Crippen molar-refractivity contribution in [3.8, 4) is 0 Å². The molecule has 0 aliphatic carbocycles. The molecule has 5 rings (SSSR count). The number of hydrogen-bond donors (Lipinski definition) is 0. The topological polar surface area (TPSA) is 82.9 Å². The molecule has 0 aliphatic heterocycles. The number of halogens is 1. The summed E-state index contributed by atoms with van der Waals surface area (Å²) >= 11 is 1.31. The number of carbonyl (C=O) groups is 1. The highest BCUT2D eigenvalue weighted by Crippen LogP contribution is 2.31. The maximum absolute atomic E-state index is 13.7. The van der Waals surface area contributed by atoms with Crippen molar-refractivity contribution in [1.82, 2.24) is 9.29 Å². The number of aryl methyl sites for hydroxylation is 1. The van der Waals surface area contributed by atoms with Crippen molar-refractivity contribution in [2.75, 3.05) is 12.1 Å². The molecule has 0 radical (unpaired) electrons. The number of carbonyl (C=O) groups excluding carboxylic acids is 1. The van der Waals surface area contributed by atoms with E-state index in [1.807, 2.05) is 55.5 Å². The van der Waals surface area contributed by atoms with E-state index >= 15 is 0 Å². The van der Waals surface area contributed by atoms with Gasteiger partial charge in [-0.25, -0.2) is 17.8 Å². The van der Waals surface area contributed by atoms with Crippen LogP contribution in [0.1, 0.15) is 27.0 Å². The van der Waals surface area contributed by atoms with Crippen LogP contribution in [0.3, 0.4) is 0 Å². The van der Waals surface area contributed by atoms with E-state index in [9.17, 15) is 17.6 Å². The Labute approximate surface area is 235 Å². The lowest BCUT2D eigenvalue weighted by molar-refractivity contribution is 0.0987. The van der Waals surface area contributed by atoms with E-state index in [1.165, 1.54) is 70.3 Å². The van der Waals surface area contributed by atoms with E-state index in [-0.39, 0.29) is 22.8 Å². The zero-order valence-electron chi connectivity index (χ0n) is 21.7. The molecule has 0 fully saturated rings. The van der Waals surface area contributed by atoms with E-state index in [1.54, 1.807) is 12.1 Å². The average Bonchev–Trinajstić information content (AvgIpc) is 3.37. The van der Waals surface area contributed by atoms with Gasteiger partial charge in [0.15, 0.2) is 0 Å². The fraction of sp³-hybridized carbons (Fsp3) is 0.100. The molecule has 202 valence electrons. The molecule has 0 saturated carbocycles. The molecule has 4 aromatic carbocycles. The molecule has 0 spiro atoms. The lowest BCUT2D eigenvalue weighted by Gasteiger charge is -2.18. The molecule has 0 atom stereocenters. The summed E-state index contributed by atoms with van der Waals surface area (Å²) in [5.41, 5.74) is 3.48. The molecule has 0 unspecified atom stereocenters. The number of aromatic nitrogens is 1. The van der Waals surface area contributed by atoms with Gasteiger partial charge in [-0.3, -0.25) is 4.79 Å². The van der Waals surface area contributed by atoms with Gasteiger partial charge in [0.1, 0.15) is 5.82 Å². The predicted molar refractivity (Wildman–Crippen MR) is 157 cm³/mol. The van der Waals surface area contributed by atoms with Crippen LogP contribution in [0.2, 0.25) is 0 Å². The van der Waals surface area contributed by atoms with Gasteiger partial charge < -0.3 is 0 Å². The molecule has 40 heavy (non-hydrogen) atoms. The Bertz CT molecular complexity index is 1790. The van der Waals surface area contributed by atoms with Crippen LogP contribution in [0.4, 0.5) is 9.52 Å². The summed E-state index contributed by atoms with van der Waals surface area (Å²) in [7, 11) is -2.27. The Kier molecular flexibility index (Phi) is 7.83. The summed E-state index contributed by atoms with van der Waals surface area (Å²) in [6.45, 7) is 2.19. The number of hydrogen-bond acceptors (Lipinski definition) is 6. The Balaban J connectivity index is 1.44. The van der Waals surface area contributed by atoms with Gasteiger partial charge in [0.2, 0.25) is 15.2 Å². The molecule has 1 amide bonds. The van der Waals surface area contributed by atoms with Crippen molar-refractivity contribution >= 4 is 48.8 Å². The van der Waals surface area contributed by atoms with Crippen molar-refractivity contribution in [1.29, 1.82) is 0 Å². The summed E-state index contributed by atoms with van der Waals surface area (Å²) in [5, 5.41) is 5.92. The molecule has 10 heteroatoms. The van der Waals surface area contributed by atoms with E-state index in [2.05, 4.69) is 10.1 Å². The van der Waals surface area contributed by atoms with E-state index < -0.39 is 15.9 Å². The van der Waals surface area contributed by atoms with Gasteiger partial charge >= 0.3 is 0 Å². The Hall–Kier alpha value is -4.25. The Morgan fingerprint density at radius 3 is 2.38 bits per heavy atom. The largest absolute Gasteiger partial charge is 0.280 e. The SMILES string of the molecule is Cc1ccc2nc(N(/N=C/c3ccc(F)cc3)C(=O)c3ccc(S(=O)(=O)N(C)Cc4ccccc4)cc3)sc2c1. The highest BCUT2D eigenvalue weighted by Gasteiger charge is 2.24. The minimum Gasteiger partial charge on any atom is -0.267 e. The lowest BCUT2D eigenvalue weighted by atomic mass is 10.2. The first-order chi connectivity index (χ1) is 19.2. The summed E-state index contributed by atoms with van der Waals surface area (Å²) < 4.78 is 41.8. The summed E-state index contributed by atoms with van der Waals surface area (Å²) in [6.07, 6.45) is 1.45. The Morgan fingerprint density at radius 1 is 0.975 bits per heavy atom. The van der Waals surface area contributed by atoms with E-state index in [0.29, 0.717) is 10.7 Å². The van der Waals surface area contributed by atoms with Crippen molar-refractivity contribution < 1.29 is 17.6 Å². The average molecular weight is 573 g/mol. The molecule has 1 heterocycles. The van der Waals surface area contributed by atoms with Crippen molar-refractivity contribution in [3.05, 3.63) is 125 Å². The zero-order chi connectivity index (χ0) is 28.3. The summed E-state index contributed by atoms with van der Waals surface area (Å²) in [4.78, 5) is 18.3. The van der Waals surface area contributed by atoms with Gasteiger partial charge in [0.25, 0.3) is 5.91 Å². The molecule has 0 bridgehead atoms. The first kappa shape index (κ1) is 27.3. The van der Waals surface area contributed by atoms with Gasteiger partial charge in [-0.1, -0.05) is 59.9 Å². The third kappa shape index (κ3) is 5.99. The van der Waals surface area contributed by atoms with Crippen LogP contribution in [0, 0.1) is 12.7 Å². The van der Waals surface area contributed by atoms with Crippen molar-refractivity contribution in [3.63, 3.8) is 0 Å². The van der Waals surface area contributed by atoms with E-state index in [4.69, 9.17) is 0 Å². The van der Waals surface area contributed by atoms with Gasteiger partial charge in [-0.2, -0.15) is 14.4 Å². The van der Waals surface area contributed by atoms with Crippen LogP contribution in [-0.2, 0) is 16.6 Å². The number of sulfonamides is 1. The maximum atomic E-state index is 13.7. The second kappa shape index (κ2) is 11.5. The first-order valence-electron chi connectivity index (χ1n) is 12.3. The quantitative estimate of drug-likeness (QED) is 0.163. The predicted octanol–water partition coefficient (Wildman–Crippen LogP) is 6.25. The highest BCUT2D eigenvalue weighted by atomic mass is 32.2. The number of rotatable bonds is 8. The van der Waals surface area contributed by atoms with E-state index in [0.717, 1.165) is 21.3 Å². The number of hydrazone groups is 1. The molecular weight excluding hydrogens is 547 g/mol. The molecule has 0 aliphatic rings. The fourth-order valence-corrected chi connectivity index (χ4v) is 6.15. The van der Waals surface area contributed by atoms with Gasteiger partial charge in [-0.05, 0) is 72.1 Å². The molecule has 0 saturated heterocycles. The monoisotopic (exact) mass is 572 g/mol. The number of anilines is 1. The molecular formula is C30H25FN4O3S2. The molecule has 0 N–H and O–H groups in total. The van der Waals surface area contributed by atoms with Crippen LogP contribution >= 0.6 is 11.3 Å².